The topological polar surface area (TPSA) is 40.5 Å². The van der Waals surface area contributed by atoms with Gasteiger partial charge in [-0.15, -0.1) is 0 Å². The summed E-state index contributed by atoms with van der Waals surface area (Å²) >= 11 is 0. The van der Waals surface area contributed by atoms with E-state index in [-0.39, 0.29) is 5.91 Å². The summed E-state index contributed by atoms with van der Waals surface area (Å²) in [6.07, 6.45) is 7.80. The maximum atomic E-state index is 11.8. The van der Waals surface area contributed by atoms with Crippen molar-refractivity contribution >= 4 is 5.91 Å². The molecule has 2 aliphatic rings. The van der Waals surface area contributed by atoms with Crippen LogP contribution in [-0.4, -0.2) is 34.6 Å². The lowest BCUT2D eigenvalue weighted by Crippen LogP contribution is -2.63. The molecular formula is C13H23NO2. The molecule has 1 aliphatic carbocycles. The molecule has 0 unspecified atom stereocenters. The van der Waals surface area contributed by atoms with E-state index in [1.807, 2.05) is 6.92 Å². The van der Waals surface area contributed by atoms with Crippen molar-refractivity contribution in [3.05, 3.63) is 0 Å². The molecule has 0 aromatic carbocycles. The molecule has 2 rings (SSSR count). The van der Waals surface area contributed by atoms with E-state index >= 15 is 0 Å². The first-order chi connectivity index (χ1) is 7.63. The van der Waals surface area contributed by atoms with E-state index in [0.29, 0.717) is 19.5 Å². The van der Waals surface area contributed by atoms with Crippen molar-refractivity contribution in [2.75, 3.05) is 13.1 Å². The highest BCUT2D eigenvalue weighted by atomic mass is 16.3. The number of carbonyl (C=O) groups is 1. The van der Waals surface area contributed by atoms with Gasteiger partial charge in [-0.05, 0) is 18.8 Å². The monoisotopic (exact) mass is 225 g/mol. The first-order valence-electron chi connectivity index (χ1n) is 6.63. The fourth-order valence-corrected chi connectivity index (χ4v) is 2.85. The third kappa shape index (κ3) is 2.57. The molecule has 2 fully saturated rings. The first-order valence-corrected chi connectivity index (χ1v) is 6.63. The minimum Gasteiger partial charge on any atom is -0.386 e. The Hall–Kier alpha value is -0.570. The Bertz CT molecular complexity index is 253. The zero-order valence-electron chi connectivity index (χ0n) is 10.2. The number of likely N-dealkylation sites (tertiary alicyclic amines) is 1. The smallest absolute Gasteiger partial charge is 0.222 e. The molecule has 0 bridgehead atoms. The fraction of sp³-hybridized carbons (Fsp3) is 0.923. The molecule has 0 aromatic rings. The van der Waals surface area contributed by atoms with Gasteiger partial charge in [0, 0.05) is 6.42 Å². The predicted molar refractivity (Wildman–Crippen MR) is 63.0 cm³/mol. The first kappa shape index (κ1) is 11.9. The lowest BCUT2D eigenvalue weighted by Gasteiger charge is -2.46. The van der Waals surface area contributed by atoms with Crippen LogP contribution in [0.15, 0.2) is 0 Å². The highest BCUT2D eigenvalue weighted by Crippen LogP contribution is 2.30. The van der Waals surface area contributed by atoms with Gasteiger partial charge in [0.05, 0.1) is 18.7 Å². The van der Waals surface area contributed by atoms with Crippen molar-refractivity contribution in [3.8, 4) is 0 Å². The van der Waals surface area contributed by atoms with Crippen LogP contribution in [0.1, 0.15) is 51.9 Å². The fourth-order valence-electron chi connectivity index (χ4n) is 2.85. The van der Waals surface area contributed by atoms with Crippen LogP contribution in [0.25, 0.3) is 0 Å². The average molecular weight is 225 g/mol. The number of β-amino-alcohol motifs (C(OH)–C–C–N with tert-alkyl or cyclic N) is 1. The van der Waals surface area contributed by atoms with Crippen molar-refractivity contribution in [1.29, 1.82) is 0 Å². The largest absolute Gasteiger partial charge is 0.386 e. The van der Waals surface area contributed by atoms with Gasteiger partial charge >= 0.3 is 0 Å². The average Bonchev–Trinajstić information content (AvgIpc) is 2.74. The Morgan fingerprint density at radius 1 is 1.38 bits per heavy atom. The van der Waals surface area contributed by atoms with E-state index < -0.39 is 5.60 Å². The molecule has 1 saturated carbocycles. The Labute approximate surface area is 97.8 Å². The molecule has 0 radical (unpaired) electrons. The van der Waals surface area contributed by atoms with Crippen LogP contribution in [0.2, 0.25) is 0 Å². The molecule has 16 heavy (non-hydrogen) atoms. The summed E-state index contributed by atoms with van der Waals surface area (Å²) in [5.41, 5.74) is -0.580. The SMILES string of the molecule is CCC1(O)CN(C(=O)CCC2CCCC2)C1. The molecule has 92 valence electrons. The third-order valence-electron chi connectivity index (χ3n) is 4.22. The molecule has 0 spiro atoms. The summed E-state index contributed by atoms with van der Waals surface area (Å²) in [7, 11) is 0. The van der Waals surface area contributed by atoms with Gasteiger partial charge in [-0.1, -0.05) is 32.6 Å². The minimum absolute atomic E-state index is 0.241. The molecule has 3 nitrogen and oxygen atoms in total. The van der Waals surface area contributed by atoms with Gasteiger partial charge in [-0.3, -0.25) is 4.79 Å². The number of hydrogen-bond donors (Lipinski definition) is 1. The summed E-state index contributed by atoms with van der Waals surface area (Å²) in [6.45, 7) is 3.07. The van der Waals surface area contributed by atoms with Crippen LogP contribution in [-0.2, 0) is 4.79 Å². The summed E-state index contributed by atoms with van der Waals surface area (Å²) in [5, 5.41) is 9.82. The Balaban J connectivity index is 1.65. The minimum atomic E-state index is -0.580. The maximum absolute atomic E-state index is 11.8. The van der Waals surface area contributed by atoms with Crippen molar-refractivity contribution in [3.63, 3.8) is 0 Å². The van der Waals surface area contributed by atoms with Crippen molar-refractivity contribution in [2.45, 2.75) is 57.5 Å². The third-order valence-corrected chi connectivity index (χ3v) is 4.22. The number of carbonyl (C=O) groups excluding carboxylic acids is 1. The van der Waals surface area contributed by atoms with E-state index in [9.17, 15) is 9.90 Å². The van der Waals surface area contributed by atoms with E-state index in [1.54, 1.807) is 4.90 Å². The molecule has 1 heterocycles. The molecule has 0 atom stereocenters. The second-order valence-corrected chi connectivity index (χ2v) is 5.52. The Kier molecular flexibility index (Phi) is 3.53. The van der Waals surface area contributed by atoms with Crippen LogP contribution in [0, 0.1) is 5.92 Å². The van der Waals surface area contributed by atoms with Crippen LogP contribution in [0.4, 0.5) is 0 Å². The number of rotatable bonds is 4. The molecular weight excluding hydrogens is 202 g/mol. The van der Waals surface area contributed by atoms with E-state index in [0.717, 1.165) is 18.8 Å². The zero-order chi connectivity index (χ0) is 11.6. The summed E-state index contributed by atoms with van der Waals surface area (Å²) < 4.78 is 0. The molecule has 1 aliphatic heterocycles. The van der Waals surface area contributed by atoms with Crippen molar-refractivity contribution in [1.82, 2.24) is 4.90 Å². The summed E-state index contributed by atoms with van der Waals surface area (Å²) in [5.74, 6) is 1.03. The molecule has 1 amide bonds. The molecule has 0 aromatic heterocycles. The van der Waals surface area contributed by atoms with Crippen molar-refractivity contribution in [2.24, 2.45) is 5.92 Å². The zero-order valence-corrected chi connectivity index (χ0v) is 10.2. The number of amides is 1. The van der Waals surface area contributed by atoms with Crippen molar-refractivity contribution < 1.29 is 9.90 Å². The van der Waals surface area contributed by atoms with E-state index in [1.165, 1.54) is 25.7 Å². The van der Waals surface area contributed by atoms with Crippen LogP contribution in [0.5, 0.6) is 0 Å². The lowest BCUT2D eigenvalue weighted by molar-refractivity contribution is -0.156. The van der Waals surface area contributed by atoms with Crippen LogP contribution >= 0.6 is 0 Å². The van der Waals surface area contributed by atoms with Gasteiger partial charge in [-0.2, -0.15) is 0 Å². The van der Waals surface area contributed by atoms with E-state index in [2.05, 4.69) is 0 Å². The van der Waals surface area contributed by atoms with Crippen LogP contribution in [0.3, 0.4) is 0 Å². The quantitative estimate of drug-likeness (QED) is 0.794. The Morgan fingerprint density at radius 2 is 2.00 bits per heavy atom. The molecule has 3 heteroatoms. The van der Waals surface area contributed by atoms with Gasteiger partial charge in [0.25, 0.3) is 0 Å². The highest BCUT2D eigenvalue weighted by molar-refractivity contribution is 5.77. The van der Waals surface area contributed by atoms with Gasteiger partial charge in [0.1, 0.15) is 0 Å². The Morgan fingerprint density at radius 3 is 2.56 bits per heavy atom. The highest BCUT2D eigenvalue weighted by Gasteiger charge is 2.41. The number of nitrogens with zero attached hydrogens (tertiary/aromatic N) is 1. The van der Waals surface area contributed by atoms with Gasteiger partial charge in [0.2, 0.25) is 5.91 Å². The van der Waals surface area contributed by atoms with Gasteiger partial charge in [0.15, 0.2) is 0 Å². The molecule has 1 N–H and O–H groups in total. The summed E-state index contributed by atoms with van der Waals surface area (Å²) in [4.78, 5) is 13.6. The normalized spacial score (nSPS) is 24.5. The van der Waals surface area contributed by atoms with Gasteiger partial charge in [-0.25, -0.2) is 0 Å². The van der Waals surface area contributed by atoms with E-state index in [4.69, 9.17) is 0 Å². The maximum Gasteiger partial charge on any atom is 0.222 e. The predicted octanol–water partition coefficient (Wildman–Crippen LogP) is 1.94. The lowest BCUT2D eigenvalue weighted by atomic mass is 9.90. The second-order valence-electron chi connectivity index (χ2n) is 5.52. The molecule has 1 saturated heterocycles. The summed E-state index contributed by atoms with van der Waals surface area (Å²) in [6, 6.07) is 0. The number of hydrogen-bond acceptors (Lipinski definition) is 2. The second kappa shape index (κ2) is 4.74. The van der Waals surface area contributed by atoms with Gasteiger partial charge < -0.3 is 10.0 Å². The standard InChI is InChI=1S/C13H23NO2/c1-2-13(16)9-14(10-13)12(15)8-7-11-5-3-4-6-11/h11,16H,2-10H2,1H3. The van der Waals surface area contributed by atoms with Crippen LogP contribution < -0.4 is 0 Å². The number of aliphatic hydroxyl groups is 1.